The Morgan fingerprint density at radius 1 is 0.870 bits per heavy atom. The van der Waals surface area contributed by atoms with E-state index in [-0.39, 0.29) is 11.9 Å². The maximum Gasteiger partial charge on any atom is 0.251 e. The molecule has 23 heavy (non-hydrogen) atoms. The van der Waals surface area contributed by atoms with Gasteiger partial charge in [-0.1, -0.05) is 42.5 Å². The Morgan fingerprint density at radius 3 is 2.22 bits per heavy atom. The fourth-order valence-corrected chi connectivity index (χ4v) is 2.88. The van der Waals surface area contributed by atoms with Crippen LogP contribution < -0.4 is 5.32 Å². The Labute approximate surface area is 137 Å². The van der Waals surface area contributed by atoms with Gasteiger partial charge in [0, 0.05) is 5.56 Å². The van der Waals surface area contributed by atoms with Gasteiger partial charge in [-0.3, -0.25) is 4.79 Å². The Kier molecular flexibility index (Phi) is 4.16. The van der Waals surface area contributed by atoms with Crippen LogP contribution in [0.5, 0.6) is 0 Å². The molecule has 0 bridgehead atoms. The van der Waals surface area contributed by atoms with Crippen molar-refractivity contribution in [1.29, 1.82) is 0 Å². The van der Waals surface area contributed by atoms with Gasteiger partial charge in [0.1, 0.15) is 0 Å². The fraction of sp³-hybridized carbons (Fsp3) is 0.190. The van der Waals surface area contributed by atoms with Gasteiger partial charge in [0.15, 0.2) is 0 Å². The molecule has 0 saturated heterocycles. The summed E-state index contributed by atoms with van der Waals surface area (Å²) in [7, 11) is 0. The molecule has 1 N–H and O–H groups in total. The molecule has 0 unspecified atom stereocenters. The first kappa shape index (κ1) is 15.3. The average Bonchev–Trinajstić information content (AvgIpc) is 2.58. The predicted molar refractivity (Wildman–Crippen MR) is 95.7 cm³/mol. The van der Waals surface area contributed by atoms with Crippen LogP contribution in [-0.4, -0.2) is 5.91 Å². The molecule has 0 fully saturated rings. The lowest BCUT2D eigenvalue weighted by atomic mass is 9.97. The molecule has 2 nitrogen and oxygen atoms in total. The van der Waals surface area contributed by atoms with Gasteiger partial charge < -0.3 is 5.32 Å². The normalized spacial score (nSPS) is 12.1. The fourth-order valence-electron chi connectivity index (χ4n) is 2.88. The smallest absolute Gasteiger partial charge is 0.251 e. The third-order valence-electron chi connectivity index (χ3n) is 4.36. The Bertz CT molecular complexity index is 852. The van der Waals surface area contributed by atoms with E-state index in [1.54, 1.807) is 0 Å². The lowest BCUT2D eigenvalue weighted by molar-refractivity contribution is 0.0940. The van der Waals surface area contributed by atoms with Crippen LogP contribution in [0.4, 0.5) is 0 Å². The molecule has 3 rings (SSSR count). The van der Waals surface area contributed by atoms with Gasteiger partial charge in [0.25, 0.3) is 5.91 Å². The summed E-state index contributed by atoms with van der Waals surface area (Å²) in [5, 5.41) is 5.60. The summed E-state index contributed by atoms with van der Waals surface area (Å²) < 4.78 is 0. The first-order valence-electron chi connectivity index (χ1n) is 7.92. The van der Waals surface area contributed by atoms with E-state index in [9.17, 15) is 4.79 Å². The maximum atomic E-state index is 12.3. The van der Waals surface area contributed by atoms with Crippen LogP contribution in [0.25, 0.3) is 10.8 Å². The second-order valence-electron chi connectivity index (χ2n) is 6.07. The van der Waals surface area contributed by atoms with Gasteiger partial charge in [-0.25, -0.2) is 0 Å². The van der Waals surface area contributed by atoms with Crippen molar-refractivity contribution in [2.24, 2.45) is 0 Å². The van der Waals surface area contributed by atoms with Crippen LogP contribution in [0, 0.1) is 13.8 Å². The van der Waals surface area contributed by atoms with Gasteiger partial charge in [-0.05, 0) is 66.4 Å². The third kappa shape index (κ3) is 3.11. The van der Waals surface area contributed by atoms with Crippen LogP contribution in [-0.2, 0) is 0 Å². The molecular weight excluding hydrogens is 282 g/mol. The van der Waals surface area contributed by atoms with Crippen LogP contribution in [0.2, 0.25) is 0 Å². The summed E-state index contributed by atoms with van der Waals surface area (Å²) in [5.41, 5.74) is 4.34. The van der Waals surface area contributed by atoms with Crippen LogP contribution in [0.15, 0.2) is 60.7 Å². The average molecular weight is 303 g/mol. The number of amides is 1. The van der Waals surface area contributed by atoms with Crippen molar-refractivity contribution in [3.8, 4) is 0 Å². The van der Waals surface area contributed by atoms with E-state index in [2.05, 4.69) is 49.5 Å². The molecule has 0 radical (unpaired) electrons. The zero-order valence-corrected chi connectivity index (χ0v) is 13.8. The lowest BCUT2D eigenvalue weighted by Crippen LogP contribution is -2.26. The molecule has 0 aliphatic carbocycles. The standard InChI is InChI=1S/C21H21NO/c1-14-9-10-15(2)20-13-18(11-12-19(14)20)16(3)22-21(23)17-7-5-4-6-8-17/h4-13,16H,1-3H3,(H,22,23)/t16-/m1/s1. The molecule has 116 valence electrons. The van der Waals surface area contributed by atoms with Crippen molar-refractivity contribution in [1.82, 2.24) is 5.32 Å². The first-order valence-corrected chi connectivity index (χ1v) is 7.92. The minimum absolute atomic E-state index is 0.0352. The molecule has 1 amide bonds. The van der Waals surface area contributed by atoms with E-state index < -0.39 is 0 Å². The molecule has 0 spiro atoms. The zero-order valence-electron chi connectivity index (χ0n) is 13.8. The quantitative estimate of drug-likeness (QED) is 0.729. The Morgan fingerprint density at radius 2 is 1.52 bits per heavy atom. The molecule has 0 aliphatic rings. The van der Waals surface area contributed by atoms with Crippen LogP contribution in [0.1, 0.15) is 40.0 Å². The molecule has 1 atom stereocenters. The van der Waals surface area contributed by atoms with Crippen molar-refractivity contribution < 1.29 is 4.79 Å². The van der Waals surface area contributed by atoms with E-state index in [1.165, 1.54) is 21.9 Å². The van der Waals surface area contributed by atoms with Crippen LogP contribution in [0.3, 0.4) is 0 Å². The Balaban J connectivity index is 1.88. The lowest BCUT2D eigenvalue weighted by Gasteiger charge is -2.16. The summed E-state index contributed by atoms with van der Waals surface area (Å²) >= 11 is 0. The molecular formula is C21H21NO. The summed E-state index contributed by atoms with van der Waals surface area (Å²) in [6.45, 7) is 6.27. The highest BCUT2D eigenvalue weighted by Crippen LogP contribution is 2.26. The van der Waals surface area contributed by atoms with Gasteiger partial charge in [0.05, 0.1) is 6.04 Å². The number of carbonyl (C=O) groups excluding carboxylic acids is 1. The van der Waals surface area contributed by atoms with Crippen molar-refractivity contribution >= 4 is 16.7 Å². The SMILES string of the molecule is Cc1ccc(C)c2cc([C@@H](C)NC(=O)c3ccccc3)ccc12. The highest BCUT2D eigenvalue weighted by Gasteiger charge is 2.12. The highest BCUT2D eigenvalue weighted by atomic mass is 16.1. The zero-order chi connectivity index (χ0) is 16.4. The molecule has 0 saturated carbocycles. The molecule has 2 heteroatoms. The maximum absolute atomic E-state index is 12.3. The summed E-state index contributed by atoms with van der Waals surface area (Å²) in [6, 6.07) is 20.0. The second-order valence-corrected chi connectivity index (χ2v) is 6.07. The van der Waals surface area contributed by atoms with Crippen LogP contribution >= 0.6 is 0 Å². The van der Waals surface area contributed by atoms with E-state index >= 15 is 0 Å². The number of rotatable bonds is 3. The number of nitrogens with one attached hydrogen (secondary N) is 1. The minimum atomic E-state index is -0.0424. The monoisotopic (exact) mass is 303 g/mol. The number of hydrogen-bond donors (Lipinski definition) is 1. The van der Waals surface area contributed by atoms with E-state index in [4.69, 9.17) is 0 Å². The topological polar surface area (TPSA) is 29.1 Å². The van der Waals surface area contributed by atoms with Gasteiger partial charge in [0.2, 0.25) is 0 Å². The minimum Gasteiger partial charge on any atom is -0.346 e. The van der Waals surface area contributed by atoms with Crippen molar-refractivity contribution in [3.63, 3.8) is 0 Å². The Hall–Kier alpha value is -2.61. The summed E-state index contributed by atoms with van der Waals surface area (Å²) in [5.74, 6) is -0.0424. The second kappa shape index (κ2) is 6.25. The molecule has 3 aromatic carbocycles. The van der Waals surface area contributed by atoms with Crippen molar-refractivity contribution in [2.75, 3.05) is 0 Å². The van der Waals surface area contributed by atoms with Gasteiger partial charge in [-0.15, -0.1) is 0 Å². The molecule has 0 aliphatic heterocycles. The number of benzene rings is 3. The van der Waals surface area contributed by atoms with Gasteiger partial charge >= 0.3 is 0 Å². The van der Waals surface area contributed by atoms with Crippen molar-refractivity contribution in [3.05, 3.63) is 82.9 Å². The highest BCUT2D eigenvalue weighted by molar-refractivity contribution is 5.94. The number of hydrogen-bond acceptors (Lipinski definition) is 1. The van der Waals surface area contributed by atoms with E-state index in [1.807, 2.05) is 37.3 Å². The van der Waals surface area contributed by atoms with E-state index in [0.717, 1.165) is 5.56 Å². The number of fused-ring (bicyclic) bond motifs is 1. The van der Waals surface area contributed by atoms with E-state index in [0.29, 0.717) is 5.56 Å². The predicted octanol–water partition coefficient (Wildman–Crippen LogP) is 4.95. The largest absolute Gasteiger partial charge is 0.346 e. The summed E-state index contributed by atoms with van der Waals surface area (Å²) in [6.07, 6.45) is 0. The number of carbonyl (C=O) groups is 1. The molecule has 0 heterocycles. The number of aryl methyl sites for hydroxylation is 2. The van der Waals surface area contributed by atoms with Gasteiger partial charge in [-0.2, -0.15) is 0 Å². The molecule has 3 aromatic rings. The first-order chi connectivity index (χ1) is 11.1. The third-order valence-corrected chi connectivity index (χ3v) is 4.36. The molecule has 0 aromatic heterocycles. The van der Waals surface area contributed by atoms with Crippen molar-refractivity contribution in [2.45, 2.75) is 26.8 Å². The summed E-state index contributed by atoms with van der Waals surface area (Å²) in [4.78, 5) is 12.3.